The van der Waals surface area contributed by atoms with E-state index in [1.807, 2.05) is 63.2 Å². The van der Waals surface area contributed by atoms with Gasteiger partial charge in [-0.2, -0.15) is 5.26 Å². The molecule has 1 fully saturated rings. The van der Waals surface area contributed by atoms with Crippen molar-refractivity contribution in [2.24, 2.45) is 5.92 Å². The minimum absolute atomic E-state index is 0.100. The number of fused-ring (bicyclic) bond motifs is 3. The molecule has 5 rings (SSSR count). The third-order valence-corrected chi connectivity index (χ3v) is 7.35. The number of para-hydroxylation sites is 1. The number of aromatic nitrogens is 1. The van der Waals surface area contributed by atoms with E-state index in [4.69, 9.17) is 0 Å². The van der Waals surface area contributed by atoms with Crippen LogP contribution in [0.3, 0.4) is 0 Å². The Bertz CT molecular complexity index is 1420. The number of hydrogen-bond donors (Lipinski definition) is 3. The van der Waals surface area contributed by atoms with Gasteiger partial charge in [0, 0.05) is 29.6 Å². The highest BCUT2D eigenvalue weighted by molar-refractivity contribution is 6.07. The molecule has 184 valence electrons. The molecular formula is C28H29N5O3. The minimum atomic E-state index is -0.965. The van der Waals surface area contributed by atoms with Crippen molar-refractivity contribution in [3.63, 3.8) is 0 Å². The average Bonchev–Trinajstić information content (AvgIpc) is 3.53. The van der Waals surface area contributed by atoms with Gasteiger partial charge in [-0.25, -0.2) is 0 Å². The van der Waals surface area contributed by atoms with Crippen LogP contribution < -0.4 is 10.6 Å². The van der Waals surface area contributed by atoms with Crippen molar-refractivity contribution >= 4 is 34.3 Å². The number of H-pyrrole nitrogens is 1. The van der Waals surface area contributed by atoms with Gasteiger partial charge in [-0.05, 0) is 48.6 Å². The highest BCUT2D eigenvalue weighted by Crippen LogP contribution is 2.46. The van der Waals surface area contributed by atoms with E-state index in [0.717, 1.165) is 27.7 Å². The van der Waals surface area contributed by atoms with Crippen molar-refractivity contribution in [3.8, 4) is 6.07 Å². The lowest BCUT2D eigenvalue weighted by molar-refractivity contribution is -0.134. The third-order valence-electron chi connectivity index (χ3n) is 7.35. The Kier molecular flexibility index (Phi) is 5.79. The molecule has 1 aromatic heterocycles. The van der Waals surface area contributed by atoms with Crippen molar-refractivity contribution < 1.29 is 14.4 Å². The number of nitriles is 1. The number of anilines is 1. The van der Waals surface area contributed by atoms with Crippen LogP contribution in [0.1, 0.15) is 48.3 Å². The molecular weight excluding hydrogens is 454 g/mol. The minimum Gasteiger partial charge on any atom is -0.351 e. The number of nitrogens with one attached hydrogen (secondary N) is 3. The summed E-state index contributed by atoms with van der Waals surface area (Å²) in [4.78, 5) is 44.7. The van der Waals surface area contributed by atoms with E-state index in [1.54, 1.807) is 6.07 Å². The highest BCUT2D eigenvalue weighted by atomic mass is 16.2. The number of rotatable bonds is 5. The Morgan fingerprint density at radius 2 is 2.00 bits per heavy atom. The summed E-state index contributed by atoms with van der Waals surface area (Å²) < 4.78 is 0. The molecule has 3 N–H and O–H groups in total. The molecule has 2 aliphatic rings. The first-order valence-electron chi connectivity index (χ1n) is 12.2. The Morgan fingerprint density at radius 1 is 1.22 bits per heavy atom. The number of aryl methyl sites for hydroxylation is 1. The summed E-state index contributed by atoms with van der Waals surface area (Å²) in [6.07, 6.45) is 0.635. The zero-order valence-electron chi connectivity index (χ0n) is 20.6. The summed E-state index contributed by atoms with van der Waals surface area (Å²) in [6.45, 7) is 6.04. The SMILES string of the molecule is Cc1cccc2[nH]c(C(=O)NC(CC(C)C)C(=O)N3C[C@]4(C[C@H]3C#N)C(=O)Nc3ccccc34)cc12. The van der Waals surface area contributed by atoms with E-state index >= 15 is 0 Å². The van der Waals surface area contributed by atoms with Gasteiger partial charge in [-0.1, -0.05) is 44.2 Å². The number of nitrogens with zero attached hydrogens (tertiary/aromatic N) is 2. The van der Waals surface area contributed by atoms with Crippen LogP contribution in [0.2, 0.25) is 0 Å². The quantitative estimate of drug-likeness (QED) is 0.513. The smallest absolute Gasteiger partial charge is 0.268 e. The molecule has 1 spiro atoms. The van der Waals surface area contributed by atoms with E-state index in [1.165, 1.54) is 4.90 Å². The lowest BCUT2D eigenvalue weighted by Crippen LogP contribution is -2.51. The largest absolute Gasteiger partial charge is 0.351 e. The van der Waals surface area contributed by atoms with Crippen molar-refractivity contribution in [1.82, 2.24) is 15.2 Å². The molecule has 36 heavy (non-hydrogen) atoms. The molecule has 0 aliphatic carbocycles. The van der Waals surface area contributed by atoms with Crippen LogP contribution in [-0.2, 0) is 15.0 Å². The van der Waals surface area contributed by atoms with Gasteiger partial charge in [-0.15, -0.1) is 0 Å². The van der Waals surface area contributed by atoms with E-state index in [2.05, 4.69) is 21.7 Å². The molecule has 3 amide bonds. The maximum Gasteiger partial charge on any atom is 0.268 e. The molecule has 0 bridgehead atoms. The summed E-state index contributed by atoms with van der Waals surface area (Å²) in [5.74, 6) is -0.796. The van der Waals surface area contributed by atoms with Crippen molar-refractivity contribution in [1.29, 1.82) is 5.26 Å². The van der Waals surface area contributed by atoms with Gasteiger partial charge in [0.1, 0.15) is 17.8 Å². The van der Waals surface area contributed by atoms with E-state index in [9.17, 15) is 19.6 Å². The fraction of sp³-hybridized carbons (Fsp3) is 0.357. The molecule has 2 aliphatic heterocycles. The van der Waals surface area contributed by atoms with Crippen LogP contribution in [0.15, 0.2) is 48.5 Å². The number of aromatic amines is 1. The van der Waals surface area contributed by atoms with Gasteiger partial charge in [0.2, 0.25) is 11.8 Å². The monoisotopic (exact) mass is 483 g/mol. The summed E-state index contributed by atoms with van der Waals surface area (Å²) in [7, 11) is 0. The second kappa shape index (κ2) is 8.83. The highest BCUT2D eigenvalue weighted by Gasteiger charge is 2.56. The first kappa shape index (κ1) is 23.6. The lowest BCUT2D eigenvalue weighted by Gasteiger charge is -2.28. The molecule has 0 radical (unpaired) electrons. The predicted octanol–water partition coefficient (Wildman–Crippen LogP) is 3.64. The van der Waals surface area contributed by atoms with Gasteiger partial charge >= 0.3 is 0 Å². The van der Waals surface area contributed by atoms with Crippen LogP contribution in [0, 0.1) is 24.2 Å². The first-order valence-corrected chi connectivity index (χ1v) is 12.2. The number of likely N-dealkylation sites (tertiary alicyclic amines) is 1. The lowest BCUT2D eigenvalue weighted by atomic mass is 9.80. The summed E-state index contributed by atoms with van der Waals surface area (Å²) in [6, 6.07) is 15.6. The summed E-state index contributed by atoms with van der Waals surface area (Å²) in [5.41, 5.74) is 2.84. The van der Waals surface area contributed by atoms with Crippen molar-refractivity contribution in [2.45, 2.75) is 51.1 Å². The molecule has 2 aromatic carbocycles. The zero-order valence-corrected chi connectivity index (χ0v) is 20.6. The Morgan fingerprint density at radius 3 is 2.72 bits per heavy atom. The normalized spacial score (nSPS) is 21.5. The molecule has 0 saturated carbocycles. The second-order valence-corrected chi connectivity index (χ2v) is 10.3. The number of carbonyl (C=O) groups excluding carboxylic acids is 3. The van der Waals surface area contributed by atoms with Gasteiger partial charge in [0.15, 0.2) is 0 Å². The molecule has 1 saturated heterocycles. The second-order valence-electron chi connectivity index (χ2n) is 10.3. The van der Waals surface area contributed by atoms with Crippen molar-refractivity contribution in [3.05, 3.63) is 65.4 Å². The topological polar surface area (TPSA) is 118 Å². The van der Waals surface area contributed by atoms with Gasteiger partial charge < -0.3 is 20.5 Å². The first-order chi connectivity index (χ1) is 17.2. The standard InChI is InChI=1S/C28H29N5O3/c1-16(2)11-24(31-25(34)23-12-19-17(3)7-6-10-21(19)30-23)26(35)33-15-28(13-18(33)14-29)20-8-4-5-9-22(20)32-27(28)36/h4-10,12,16,18,24,30H,11,13,15H2,1-3H3,(H,31,34)(H,32,36)/t18-,24?,28-/m0/s1. The number of carbonyl (C=O) groups is 3. The molecule has 1 unspecified atom stereocenters. The average molecular weight is 484 g/mol. The Balaban J connectivity index is 1.42. The van der Waals surface area contributed by atoms with E-state index in [-0.39, 0.29) is 36.6 Å². The number of amides is 3. The van der Waals surface area contributed by atoms with Crippen LogP contribution in [0.4, 0.5) is 5.69 Å². The van der Waals surface area contributed by atoms with Gasteiger partial charge in [-0.3, -0.25) is 14.4 Å². The van der Waals surface area contributed by atoms with Gasteiger partial charge in [0.05, 0.1) is 11.5 Å². The van der Waals surface area contributed by atoms with Crippen LogP contribution in [-0.4, -0.2) is 46.2 Å². The van der Waals surface area contributed by atoms with E-state index < -0.39 is 17.5 Å². The Labute approximate surface area is 209 Å². The molecule has 3 atom stereocenters. The van der Waals surface area contributed by atoms with E-state index in [0.29, 0.717) is 12.1 Å². The predicted molar refractivity (Wildman–Crippen MR) is 136 cm³/mol. The fourth-order valence-corrected chi connectivity index (χ4v) is 5.54. The van der Waals surface area contributed by atoms with Crippen molar-refractivity contribution in [2.75, 3.05) is 11.9 Å². The van der Waals surface area contributed by atoms with Gasteiger partial charge in [0.25, 0.3) is 5.91 Å². The van der Waals surface area contributed by atoms with Crippen LogP contribution >= 0.6 is 0 Å². The number of hydrogen-bond acceptors (Lipinski definition) is 4. The summed E-state index contributed by atoms with van der Waals surface area (Å²) >= 11 is 0. The Hall–Kier alpha value is -4.12. The third kappa shape index (κ3) is 3.81. The zero-order chi connectivity index (χ0) is 25.6. The molecule has 8 heteroatoms. The van der Waals surface area contributed by atoms with Crippen LogP contribution in [0.5, 0.6) is 0 Å². The number of benzene rings is 2. The molecule has 3 aromatic rings. The van der Waals surface area contributed by atoms with Crippen LogP contribution in [0.25, 0.3) is 10.9 Å². The maximum atomic E-state index is 13.8. The summed E-state index contributed by atoms with van der Waals surface area (Å²) in [5, 5.41) is 16.7. The molecule has 8 nitrogen and oxygen atoms in total. The molecule has 3 heterocycles. The maximum absolute atomic E-state index is 13.8. The fourth-order valence-electron chi connectivity index (χ4n) is 5.54.